The smallest absolute Gasteiger partial charge is 0.379 e. The Morgan fingerprint density at radius 1 is 1.23 bits per heavy atom. The van der Waals surface area contributed by atoms with Gasteiger partial charge in [-0.15, -0.1) is 11.8 Å². The minimum atomic E-state index is -1.08. The second kappa shape index (κ2) is 9.57. The molecular weight excluding hydrogens is 352 g/mol. The van der Waals surface area contributed by atoms with Gasteiger partial charge in [-0.25, -0.2) is 9.59 Å². The van der Waals surface area contributed by atoms with Crippen molar-refractivity contribution in [2.45, 2.75) is 44.4 Å². The second-order valence-corrected chi connectivity index (χ2v) is 7.29. The fourth-order valence-corrected chi connectivity index (χ4v) is 3.84. The fourth-order valence-electron chi connectivity index (χ4n) is 2.65. The van der Waals surface area contributed by atoms with Gasteiger partial charge in [0.25, 0.3) is 5.78 Å². The first-order chi connectivity index (χ1) is 12.5. The molecule has 0 N–H and O–H groups in total. The quantitative estimate of drug-likeness (QED) is 0.211. The highest BCUT2D eigenvalue weighted by Crippen LogP contribution is 2.27. The molecule has 0 bridgehead atoms. The van der Waals surface area contributed by atoms with E-state index in [1.54, 1.807) is 23.9 Å². The average molecular weight is 376 g/mol. The zero-order valence-electron chi connectivity index (χ0n) is 15.4. The zero-order valence-corrected chi connectivity index (χ0v) is 16.2. The predicted octanol–water partition coefficient (Wildman–Crippen LogP) is 4.46. The van der Waals surface area contributed by atoms with E-state index < -0.39 is 17.4 Å². The van der Waals surface area contributed by atoms with E-state index in [1.165, 1.54) is 25.3 Å². The third kappa shape index (κ3) is 4.97. The van der Waals surface area contributed by atoms with Gasteiger partial charge in [0.1, 0.15) is 11.1 Å². The van der Waals surface area contributed by atoms with Crippen molar-refractivity contribution in [3.05, 3.63) is 40.2 Å². The van der Waals surface area contributed by atoms with Gasteiger partial charge in [-0.2, -0.15) is 0 Å². The summed E-state index contributed by atoms with van der Waals surface area (Å²) >= 11 is 1.74. The zero-order chi connectivity index (χ0) is 19.1. The molecule has 0 saturated heterocycles. The van der Waals surface area contributed by atoms with Crippen LogP contribution in [0.3, 0.4) is 0 Å². The Labute approximate surface area is 157 Å². The Morgan fingerprint density at radius 3 is 2.65 bits per heavy atom. The molecule has 1 heterocycles. The minimum Gasteiger partial charge on any atom is -0.463 e. The number of fused-ring (bicyclic) bond motifs is 1. The van der Waals surface area contributed by atoms with Crippen molar-refractivity contribution in [1.82, 2.24) is 0 Å². The van der Waals surface area contributed by atoms with Gasteiger partial charge in [-0.1, -0.05) is 39.2 Å². The number of esters is 1. The lowest BCUT2D eigenvalue weighted by atomic mass is 10.0. The van der Waals surface area contributed by atoms with Crippen molar-refractivity contribution in [1.29, 1.82) is 0 Å². The lowest BCUT2D eigenvalue weighted by molar-refractivity contribution is -0.135. The highest BCUT2D eigenvalue weighted by molar-refractivity contribution is 7.99. The Morgan fingerprint density at radius 2 is 2.00 bits per heavy atom. The number of ketones is 1. The molecule has 26 heavy (non-hydrogen) atoms. The van der Waals surface area contributed by atoms with E-state index in [1.807, 2.05) is 6.07 Å². The summed E-state index contributed by atoms with van der Waals surface area (Å²) in [6.45, 7) is 4.41. The van der Waals surface area contributed by atoms with Gasteiger partial charge in [0.15, 0.2) is 0 Å². The van der Waals surface area contributed by atoms with Gasteiger partial charge in [0.2, 0.25) is 0 Å². The molecule has 1 atom stereocenters. The van der Waals surface area contributed by atoms with Crippen molar-refractivity contribution in [3.8, 4) is 0 Å². The lowest BCUT2D eigenvalue weighted by Crippen LogP contribution is -2.22. The molecule has 0 saturated carbocycles. The van der Waals surface area contributed by atoms with E-state index in [-0.39, 0.29) is 5.56 Å². The normalized spacial score (nSPS) is 12.1. The van der Waals surface area contributed by atoms with Crippen molar-refractivity contribution >= 4 is 34.5 Å². The van der Waals surface area contributed by atoms with Gasteiger partial charge in [-0.3, -0.25) is 4.79 Å². The van der Waals surface area contributed by atoms with Crippen molar-refractivity contribution < 1.29 is 18.7 Å². The first-order valence-corrected chi connectivity index (χ1v) is 9.82. The van der Waals surface area contributed by atoms with Crippen LogP contribution in [0, 0.1) is 5.92 Å². The van der Waals surface area contributed by atoms with E-state index in [0.717, 1.165) is 24.2 Å². The molecule has 0 aliphatic rings. The van der Waals surface area contributed by atoms with Gasteiger partial charge >= 0.3 is 11.6 Å². The Hall–Kier alpha value is -2.08. The standard InChI is InChI=1S/C20H24O5S/c1-4-6-7-13(5-2)12-26-15-9-8-14-10-16(18(21)20(23)24-3)19(22)25-17(14)11-15/h8-11,13H,4-7,12H2,1-3H3. The van der Waals surface area contributed by atoms with E-state index in [9.17, 15) is 14.4 Å². The third-order valence-corrected chi connectivity index (χ3v) is 5.58. The summed E-state index contributed by atoms with van der Waals surface area (Å²) in [5.41, 5.74) is -0.734. The van der Waals surface area contributed by atoms with Crippen LogP contribution in [0.15, 0.2) is 38.4 Å². The maximum Gasteiger partial charge on any atom is 0.379 e. The monoisotopic (exact) mass is 376 g/mol. The molecule has 2 aromatic rings. The van der Waals surface area contributed by atoms with Crippen LogP contribution >= 0.6 is 11.8 Å². The van der Waals surface area contributed by atoms with Crippen LogP contribution in [-0.2, 0) is 9.53 Å². The molecule has 0 spiro atoms. The number of benzene rings is 1. The first-order valence-electron chi connectivity index (χ1n) is 8.83. The summed E-state index contributed by atoms with van der Waals surface area (Å²) in [6.07, 6.45) is 4.81. The summed E-state index contributed by atoms with van der Waals surface area (Å²) in [7, 11) is 1.09. The summed E-state index contributed by atoms with van der Waals surface area (Å²) in [5, 5.41) is 0.597. The SMILES string of the molecule is CCCCC(CC)CSc1ccc2cc(C(=O)C(=O)OC)c(=O)oc2c1. The summed E-state index contributed by atoms with van der Waals surface area (Å²) in [4.78, 5) is 36.3. The maximum atomic E-state index is 12.0. The third-order valence-electron chi connectivity index (χ3n) is 4.35. The topological polar surface area (TPSA) is 73.6 Å². The number of Topliss-reactive ketones (excluding diaryl/α,β-unsaturated/α-hetero) is 1. The van der Waals surface area contributed by atoms with Crippen LogP contribution < -0.4 is 5.63 Å². The van der Waals surface area contributed by atoms with Crippen LogP contribution in [0.4, 0.5) is 0 Å². The van der Waals surface area contributed by atoms with E-state index >= 15 is 0 Å². The number of unbranched alkanes of at least 4 members (excludes halogenated alkanes) is 1. The van der Waals surface area contributed by atoms with E-state index in [2.05, 4.69) is 18.6 Å². The highest BCUT2D eigenvalue weighted by Gasteiger charge is 2.22. The Bertz CT molecular complexity index is 840. The fraction of sp³-hybridized carbons (Fsp3) is 0.450. The van der Waals surface area contributed by atoms with Gasteiger partial charge in [-0.05, 0) is 30.5 Å². The van der Waals surface area contributed by atoms with Gasteiger partial charge < -0.3 is 9.15 Å². The van der Waals surface area contributed by atoms with Crippen LogP contribution in [0.2, 0.25) is 0 Å². The number of carbonyl (C=O) groups excluding carboxylic acids is 2. The molecule has 0 aliphatic carbocycles. The van der Waals surface area contributed by atoms with Crippen molar-refractivity contribution in [3.63, 3.8) is 0 Å². The average Bonchev–Trinajstić information content (AvgIpc) is 2.66. The summed E-state index contributed by atoms with van der Waals surface area (Å²) in [5.74, 6) is -0.391. The summed E-state index contributed by atoms with van der Waals surface area (Å²) in [6, 6.07) is 6.92. The largest absolute Gasteiger partial charge is 0.463 e. The molecule has 2 rings (SSSR count). The predicted molar refractivity (Wildman–Crippen MR) is 103 cm³/mol. The van der Waals surface area contributed by atoms with Crippen LogP contribution in [0.1, 0.15) is 49.9 Å². The summed E-state index contributed by atoms with van der Waals surface area (Å²) < 4.78 is 9.62. The van der Waals surface area contributed by atoms with Gasteiger partial charge in [0, 0.05) is 16.0 Å². The molecule has 140 valence electrons. The first kappa shape index (κ1) is 20.2. The van der Waals surface area contributed by atoms with E-state index in [4.69, 9.17) is 4.42 Å². The van der Waals surface area contributed by atoms with Crippen LogP contribution in [0.5, 0.6) is 0 Å². The van der Waals surface area contributed by atoms with Crippen LogP contribution in [-0.4, -0.2) is 24.6 Å². The number of rotatable bonds is 9. The molecule has 0 radical (unpaired) electrons. The molecule has 0 fully saturated rings. The maximum absolute atomic E-state index is 12.0. The van der Waals surface area contributed by atoms with Gasteiger partial charge in [0.05, 0.1) is 7.11 Å². The molecular formula is C20H24O5S. The van der Waals surface area contributed by atoms with Crippen molar-refractivity contribution in [2.24, 2.45) is 5.92 Å². The molecule has 1 aromatic heterocycles. The lowest BCUT2D eigenvalue weighted by Gasteiger charge is -2.13. The number of hydrogen-bond donors (Lipinski definition) is 0. The molecule has 1 unspecified atom stereocenters. The second-order valence-electron chi connectivity index (χ2n) is 6.20. The molecule has 5 nitrogen and oxygen atoms in total. The molecule has 1 aromatic carbocycles. The molecule has 6 heteroatoms. The number of carbonyl (C=O) groups is 2. The Balaban J connectivity index is 2.20. The number of methoxy groups -OCH3 is 1. The Kier molecular flexibility index (Phi) is 7.45. The highest BCUT2D eigenvalue weighted by atomic mass is 32.2. The number of hydrogen-bond acceptors (Lipinski definition) is 6. The molecule has 0 amide bonds. The molecule has 0 aliphatic heterocycles. The minimum absolute atomic E-state index is 0.310. The number of ether oxygens (including phenoxy) is 1. The number of thioether (sulfide) groups is 1. The van der Waals surface area contributed by atoms with Crippen molar-refractivity contribution in [2.75, 3.05) is 12.9 Å². The van der Waals surface area contributed by atoms with Crippen LogP contribution in [0.25, 0.3) is 11.0 Å². The van der Waals surface area contributed by atoms with E-state index in [0.29, 0.717) is 16.9 Å².